The van der Waals surface area contributed by atoms with E-state index in [0.717, 1.165) is 43.3 Å². The number of rotatable bonds is 10. The number of ketones is 1. The van der Waals surface area contributed by atoms with E-state index in [2.05, 4.69) is 17.1 Å². The SMILES string of the molecule is CCN(CCNC1=CC(O)N(C)C(O)N1C)CCSc1ccc(C(C)=O)cc1. The van der Waals surface area contributed by atoms with Crippen molar-refractivity contribution >= 4 is 17.5 Å². The molecule has 1 aromatic carbocycles. The summed E-state index contributed by atoms with van der Waals surface area (Å²) in [5.74, 6) is 1.79. The van der Waals surface area contributed by atoms with Gasteiger partial charge in [-0.15, -0.1) is 11.8 Å². The number of aliphatic hydroxyl groups is 2. The van der Waals surface area contributed by atoms with Crippen molar-refractivity contribution in [3.05, 3.63) is 41.7 Å². The van der Waals surface area contributed by atoms with Gasteiger partial charge in [0.15, 0.2) is 12.1 Å². The van der Waals surface area contributed by atoms with Crippen LogP contribution >= 0.6 is 11.8 Å². The fraction of sp³-hybridized carbons (Fsp3) is 0.550. The molecular weight excluding hydrogens is 376 g/mol. The molecule has 0 saturated heterocycles. The second-order valence-corrected chi connectivity index (χ2v) is 8.05. The fourth-order valence-electron chi connectivity index (χ4n) is 2.94. The molecule has 0 saturated carbocycles. The molecule has 0 amide bonds. The Morgan fingerprint density at radius 1 is 1.21 bits per heavy atom. The molecule has 2 rings (SSSR count). The summed E-state index contributed by atoms with van der Waals surface area (Å²) in [5, 5.41) is 23.3. The summed E-state index contributed by atoms with van der Waals surface area (Å²) in [5.41, 5.74) is 0.744. The standard InChI is InChI=1S/C20H32N4O3S/c1-5-24(12-13-28-17-8-6-16(7-9-17)15(2)25)11-10-21-18-14-19(26)23(4)20(27)22(18)3/h6-9,14,19-21,26-27H,5,10-13H2,1-4H3. The van der Waals surface area contributed by atoms with Crippen LogP contribution in [0.3, 0.4) is 0 Å². The van der Waals surface area contributed by atoms with Gasteiger partial charge in [0.1, 0.15) is 12.0 Å². The molecule has 0 aromatic heterocycles. The molecule has 2 unspecified atom stereocenters. The molecule has 3 N–H and O–H groups in total. The number of thioether (sulfide) groups is 1. The monoisotopic (exact) mass is 408 g/mol. The van der Waals surface area contributed by atoms with Gasteiger partial charge in [0, 0.05) is 42.9 Å². The van der Waals surface area contributed by atoms with Crippen molar-refractivity contribution in [2.75, 3.05) is 46.0 Å². The number of hydrogen-bond donors (Lipinski definition) is 3. The molecule has 28 heavy (non-hydrogen) atoms. The van der Waals surface area contributed by atoms with Crippen molar-refractivity contribution in [3.63, 3.8) is 0 Å². The first-order chi connectivity index (χ1) is 13.3. The lowest BCUT2D eigenvalue weighted by atomic mass is 10.2. The molecule has 1 aromatic rings. The lowest BCUT2D eigenvalue weighted by molar-refractivity contribution is -0.142. The van der Waals surface area contributed by atoms with Crippen molar-refractivity contribution < 1.29 is 15.0 Å². The zero-order chi connectivity index (χ0) is 20.7. The summed E-state index contributed by atoms with van der Waals surface area (Å²) in [6, 6.07) is 7.75. The minimum absolute atomic E-state index is 0.0895. The van der Waals surface area contributed by atoms with Crippen molar-refractivity contribution in [2.45, 2.75) is 31.3 Å². The molecule has 1 aliphatic heterocycles. The Bertz CT molecular complexity index is 668. The Hall–Kier alpha value is -1.58. The summed E-state index contributed by atoms with van der Waals surface area (Å²) < 4.78 is 0. The zero-order valence-corrected chi connectivity index (χ0v) is 17.9. The van der Waals surface area contributed by atoms with Crippen LogP contribution in [-0.4, -0.2) is 89.3 Å². The van der Waals surface area contributed by atoms with Gasteiger partial charge < -0.3 is 25.3 Å². The van der Waals surface area contributed by atoms with Crippen LogP contribution in [0.25, 0.3) is 0 Å². The molecule has 156 valence electrons. The smallest absolute Gasteiger partial charge is 0.189 e. The normalized spacial score (nSPS) is 20.4. The Balaban J connectivity index is 1.74. The molecule has 1 aliphatic rings. The van der Waals surface area contributed by atoms with Crippen LogP contribution in [0, 0.1) is 0 Å². The number of aliphatic hydroxyl groups excluding tert-OH is 2. The van der Waals surface area contributed by atoms with E-state index in [1.54, 1.807) is 43.8 Å². The predicted molar refractivity (Wildman–Crippen MR) is 113 cm³/mol. The van der Waals surface area contributed by atoms with E-state index in [1.165, 1.54) is 9.80 Å². The molecule has 1 heterocycles. The van der Waals surface area contributed by atoms with E-state index in [9.17, 15) is 15.0 Å². The van der Waals surface area contributed by atoms with Gasteiger partial charge in [0.25, 0.3) is 0 Å². The molecule has 2 atom stereocenters. The molecular formula is C20H32N4O3S. The third kappa shape index (κ3) is 6.22. The molecule has 8 heteroatoms. The van der Waals surface area contributed by atoms with E-state index in [-0.39, 0.29) is 5.78 Å². The number of nitrogens with one attached hydrogen (secondary N) is 1. The van der Waals surface area contributed by atoms with Crippen LogP contribution < -0.4 is 5.32 Å². The van der Waals surface area contributed by atoms with Gasteiger partial charge >= 0.3 is 0 Å². The van der Waals surface area contributed by atoms with Crippen LogP contribution in [0.15, 0.2) is 41.1 Å². The number of likely N-dealkylation sites (N-methyl/N-ethyl adjacent to an activating group) is 2. The Labute approximate surface area is 172 Å². The second kappa shape index (κ2) is 10.8. The minimum atomic E-state index is -0.851. The molecule has 0 radical (unpaired) electrons. The van der Waals surface area contributed by atoms with E-state index >= 15 is 0 Å². The van der Waals surface area contributed by atoms with Crippen LogP contribution in [0.1, 0.15) is 24.2 Å². The van der Waals surface area contributed by atoms with Gasteiger partial charge in [-0.05, 0) is 38.7 Å². The first kappa shape index (κ1) is 22.7. The molecule has 7 nitrogen and oxygen atoms in total. The van der Waals surface area contributed by atoms with E-state index in [4.69, 9.17) is 0 Å². The highest BCUT2D eigenvalue weighted by atomic mass is 32.2. The summed E-state index contributed by atoms with van der Waals surface area (Å²) in [6.07, 6.45) is 0.0427. The lowest BCUT2D eigenvalue weighted by Crippen LogP contribution is -2.54. The Kier molecular flexibility index (Phi) is 8.78. The summed E-state index contributed by atoms with van der Waals surface area (Å²) in [7, 11) is 3.46. The lowest BCUT2D eigenvalue weighted by Gasteiger charge is -2.40. The first-order valence-electron chi connectivity index (χ1n) is 9.56. The van der Waals surface area contributed by atoms with Crippen molar-refractivity contribution in [3.8, 4) is 0 Å². The molecule has 0 bridgehead atoms. The number of carbonyl (C=O) groups is 1. The summed E-state index contributed by atoms with van der Waals surface area (Å²) >= 11 is 1.78. The number of nitrogens with zero attached hydrogens (tertiary/aromatic N) is 3. The average Bonchev–Trinajstić information content (AvgIpc) is 2.69. The summed E-state index contributed by atoms with van der Waals surface area (Å²) in [4.78, 5) is 18.0. The number of Topliss-reactive ketones (excluding diaryl/α,β-unsaturated/α-hetero) is 1. The zero-order valence-electron chi connectivity index (χ0n) is 17.1. The van der Waals surface area contributed by atoms with E-state index in [0.29, 0.717) is 0 Å². The van der Waals surface area contributed by atoms with Gasteiger partial charge in [-0.1, -0.05) is 19.1 Å². The topological polar surface area (TPSA) is 79.3 Å². The maximum Gasteiger partial charge on any atom is 0.189 e. The van der Waals surface area contributed by atoms with Crippen LogP contribution in [0.2, 0.25) is 0 Å². The van der Waals surface area contributed by atoms with Crippen LogP contribution in [0.5, 0.6) is 0 Å². The number of benzene rings is 1. The van der Waals surface area contributed by atoms with E-state index < -0.39 is 12.6 Å². The van der Waals surface area contributed by atoms with Crippen LogP contribution in [-0.2, 0) is 0 Å². The van der Waals surface area contributed by atoms with Gasteiger partial charge in [-0.25, -0.2) is 4.90 Å². The van der Waals surface area contributed by atoms with E-state index in [1.807, 2.05) is 24.3 Å². The highest BCUT2D eigenvalue weighted by molar-refractivity contribution is 7.99. The molecule has 0 fully saturated rings. The van der Waals surface area contributed by atoms with Crippen molar-refractivity contribution in [1.29, 1.82) is 0 Å². The third-order valence-corrected chi connectivity index (χ3v) is 5.93. The maximum atomic E-state index is 11.3. The Morgan fingerprint density at radius 3 is 2.50 bits per heavy atom. The largest absolute Gasteiger partial charge is 0.374 e. The highest BCUT2D eigenvalue weighted by Gasteiger charge is 2.28. The molecule has 0 spiro atoms. The number of hydrogen-bond acceptors (Lipinski definition) is 8. The second-order valence-electron chi connectivity index (χ2n) is 6.88. The van der Waals surface area contributed by atoms with Crippen LogP contribution in [0.4, 0.5) is 0 Å². The van der Waals surface area contributed by atoms with Crippen molar-refractivity contribution in [1.82, 2.24) is 20.0 Å². The van der Waals surface area contributed by atoms with Crippen molar-refractivity contribution in [2.24, 2.45) is 0 Å². The van der Waals surface area contributed by atoms with Gasteiger partial charge in [0.2, 0.25) is 0 Å². The van der Waals surface area contributed by atoms with Gasteiger partial charge in [-0.3, -0.25) is 4.79 Å². The first-order valence-corrected chi connectivity index (χ1v) is 10.5. The van der Waals surface area contributed by atoms with Gasteiger partial charge in [-0.2, -0.15) is 0 Å². The maximum absolute atomic E-state index is 11.3. The minimum Gasteiger partial charge on any atom is -0.374 e. The average molecular weight is 409 g/mol. The highest BCUT2D eigenvalue weighted by Crippen LogP contribution is 2.19. The third-order valence-electron chi connectivity index (χ3n) is 4.93. The number of carbonyl (C=O) groups excluding carboxylic acids is 1. The predicted octanol–water partition coefficient (Wildman–Crippen LogP) is 1.21. The summed E-state index contributed by atoms with van der Waals surface area (Å²) in [6.45, 7) is 7.23. The Morgan fingerprint density at radius 2 is 1.89 bits per heavy atom. The van der Waals surface area contributed by atoms with Gasteiger partial charge in [0.05, 0.1) is 0 Å². The molecule has 0 aliphatic carbocycles. The fourth-order valence-corrected chi connectivity index (χ4v) is 3.86. The quantitative estimate of drug-likeness (QED) is 0.394.